The second-order valence-electron chi connectivity index (χ2n) is 4.34. The molecule has 0 fully saturated rings. The van der Waals surface area contributed by atoms with E-state index in [0.717, 1.165) is 9.87 Å². The molecule has 0 aliphatic rings. The molecule has 1 aromatic carbocycles. The van der Waals surface area contributed by atoms with Gasteiger partial charge in [-0.1, -0.05) is 33.6 Å². The molecule has 0 radical (unpaired) electrons. The van der Waals surface area contributed by atoms with Crippen LogP contribution in [-0.2, 0) is 10.0 Å². The van der Waals surface area contributed by atoms with Crippen molar-refractivity contribution in [1.29, 1.82) is 0 Å². The fourth-order valence-electron chi connectivity index (χ4n) is 1.78. The van der Waals surface area contributed by atoms with Crippen LogP contribution < -0.4 is 0 Å². The Bertz CT molecular complexity index is 606. The lowest BCUT2D eigenvalue weighted by molar-refractivity contribution is 0.187. The van der Waals surface area contributed by atoms with Crippen molar-refractivity contribution in [1.82, 2.24) is 4.31 Å². The standard InChI is InChI=1S/C14H18BrNO4S/c1-12-4-6-14(7-5-12)21(19,20)16(9-10-17)13(11-18)3-2-8-15/h3-8,13,17-18H,9-11H2,1H3/t2?,13-/m1/s1. The maximum absolute atomic E-state index is 12.6. The Kier molecular flexibility index (Phi) is 7.31. The summed E-state index contributed by atoms with van der Waals surface area (Å²) in [6, 6.07) is 5.62. The molecule has 0 aliphatic heterocycles. The number of halogens is 1. The van der Waals surface area contributed by atoms with Crippen molar-refractivity contribution in [3.05, 3.63) is 46.6 Å². The van der Waals surface area contributed by atoms with Crippen LogP contribution in [0.25, 0.3) is 0 Å². The van der Waals surface area contributed by atoms with Crippen LogP contribution in [0.1, 0.15) is 5.56 Å². The van der Waals surface area contributed by atoms with Gasteiger partial charge in [-0.3, -0.25) is 0 Å². The van der Waals surface area contributed by atoms with Gasteiger partial charge in [-0.15, -0.1) is 5.73 Å². The van der Waals surface area contributed by atoms with Gasteiger partial charge < -0.3 is 10.2 Å². The molecule has 0 aliphatic carbocycles. The highest BCUT2D eigenvalue weighted by Crippen LogP contribution is 2.19. The minimum atomic E-state index is -3.81. The van der Waals surface area contributed by atoms with Crippen LogP contribution in [0.2, 0.25) is 0 Å². The first kappa shape index (κ1) is 18.1. The van der Waals surface area contributed by atoms with E-state index < -0.39 is 22.7 Å². The Labute approximate surface area is 133 Å². The summed E-state index contributed by atoms with van der Waals surface area (Å²) in [6.45, 7) is 1.01. The zero-order chi connectivity index (χ0) is 15.9. The lowest BCUT2D eigenvalue weighted by Gasteiger charge is -2.26. The molecular formula is C14H18BrNO4S. The molecule has 0 unspecified atom stereocenters. The van der Waals surface area contributed by atoms with E-state index in [1.54, 1.807) is 12.1 Å². The van der Waals surface area contributed by atoms with Crippen molar-refractivity contribution in [3.8, 4) is 0 Å². The number of sulfonamides is 1. The van der Waals surface area contributed by atoms with Crippen LogP contribution in [0.4, 0.5) is 0 Å². The molecule has 0 heterocycles. The number of aliphatic hydroxyl groups is 2. The van der Waals surface area contributed by atoms with E-state index in [1.165, 1.54) is 23.2 Å². The van der Waals surface area contributed by atoms with Crippen LogP contribution in [0.15, 0.2) is 46.0 Å². The lowest BCUT2D eigenvalue weighted by Crippen LogP contribution is -2.42. The summed E-state index contributed by atoms with van der Waals surface area (Å²) < 4.78 is 26.3. The lowest BCUT2D eigenvalue weighted by atomic mass is 10.2. The molecule has 5 nitrogen and oxygen atoms in total. The van der Waals surface area contributed by atoms with Crippen LogP contribution in [-0.4, -0.2) is 48.7 Å². The molecule has 7 heteroatoms. The summed E-state index contributed by atoms with van der Waals surface area (Å²) in [5.41, 5.74) is 3.64. The average molecular weight is 376 g/mol. The van der Waals surface area contributed by atoms with E-state index in [0.29, 0.717) is 0 Å². The molecule has 0 saturated heterocycles. The maximum atomic E-state index is 12.6. The van der Waals surface area contributed by atoms with E-state index in [1.807, 2.05) is 6.92 Å². The Morgan fingerprint density at radius 3 is 2.43 bits per heavy atom. The van der Waals surface area contributed by atoms with E-state index in [4.69, 9.17) is 5.11 Å². The minimum Gasteiger partial charge on any atom is -0.395 e. The zero-order valence-electron chi connectivity index (χ0n) is 11.6. The molecular weight excluding hydrogens is 358 g/mol. The summed E-state index contributed by atoms with van der Waals surface area (Å²) >= 11 is 3.03. The van der Waals surface area contributed by atoms with Crippen LogP contribution in [0.3, 0.4) is 0 Å². The quantitative estimate of drug-likeness (QED) is 0.706. The Morgan fingerprint density at radius 2 is 1.95 bits per heavy atom. The molecule has 21 heavy (non-hydrogen) atoms. The minimum absolute atomic E-state index is 0.109. The van der Waals surface area contributed by atoms with Gasteiger partial charge in [0.1, 0.15) is 0 Å². The second-order valence-corrected chi connectivity index (χ2v) is 6.69. The summed E-state index contributed by atoms with van der Waals surface area (Å²) in [7, 11) is -3.81. The Balaban J connectivity index is 3.24. The van der Waals surface area contributed by atoms with Crippen molar-refractivity contribution in [2.45, 2.75) is 17.9 Å². The molecule has 1 atom stereocenters. The third kappa shape index (κ3) is 4.78. The van der Waals surface area contributed by atoms with Crippen LogP contribution >= 0.6 is 15.9 Å². The summed E-state index contributed by atoms with van der Waals surface area (Å²) in [5, 5.41) is 18.5. The summed E-state index contributed by atoms with van der Waals surface area (Å²) in [6.07, 6.45) is 1.43. The van der Waals surface area contributed by atoms with Crippen molar-refractivity contribution in [3.63, 3.8) is 0 Å². The van der Waals surface area contributed by atoms with E-state index in [-0.39, 0.29) is 18.0 Å². The van der Waals surface area contributed by atoms with E-state index in [9.17, 15) is 13.5 Å². The van der Waals surface area contributed by atoms with Gasteiger partial charge in [-0.2, -0.15) is 4.31 Å². The molecule has 116 valence electrons. The SMILES string of the molecule is Cc1ccc(S(=O)(=O)N(CCO)[C@H](C=C=CBr)CO)cc1. The van der Waals surface area contributed by atoms with Gasteiger partial charge in [0.15, 0.2) is 0 Å². The highest BCUT2D eigenvalue weighted by molar-refractivity contribution is 9.11. The predicted molar refractivity (Wildman–Crippen MR) is 84.6 cm³/mol. The smallest absolute Gasteiger partial charge is 0.243 e. The number of aliphatic hydroxyl groups excluding tert-OH is 2. The first-order chi connectivity index (χ1) is 9.97. The largest absolute Gasteiger partial charge is 0.395 e. The van der Waals surface area contributed by atoms with Gasteiger partial charge in [0, 0.05) is 11.5 Å². The summed E-state index contributed by atoms with van der Waals surface area (Å²) in [4.78, 5) is 1.56. The third-order valence-corrected chi connectivity index (χ3v) is 5.06. The number of rotatable bonds is 7. The van der Waals surface area contributed by atoms with Crippen molar-refractivity contribution >= 4 is 26.0 Å². The van der Waals surface area contributed by atoms with Crippen molar-refractivity contribution in [2.75, 3.05) is 19.8 Å². The average Bonchev–Trinajstić information content (AvgIpc) is 2.47. The number of aryl methyl sites for hydroxylation is 1. The molecule has 0 bridgehead atoms. The highest BCUT2D eigenvalue weighted by atomic mass is 79.9. The Hall–Kier alpha value is -0.950. The van der Waals surface area contributed by atoms with E-state index >= 15 is 0 Å². The molecule has 0 aromatic heterocycles. The van der Waals surface area contributed by atoms with Crippen molar-refractivity contribution < 1.29 is 18.6 Å². The van der Waals surface area contributed by atoms with Gasteiger partial charge in [0.2, 0.25) is 10.0 Å². The topological polar surface area (TPSA) is 77.8 Å². The highest BCUT2D eigenvalue weighted by Gasteiger charge is 2.29. The normalized spacial score (nSPS) is 12.8. The number of hydrogen-bond acceptors (Lipinski definition) is 4. The third-order valence-electron chi connectivity index (χ3n) is 2.86. The second kappa shape index (κ2) is 8.48. The number of nitrogens with zero attached hydrogens (tertiary/aromatic N) is 1. The molecule has 1 aromatic rings. The molecule has 0 saturated carbocycles. The van der Waals surface area contributed by atoms with Crippen LogP contribution in [0, 0.1) is 6.92 Å². The first-order valence-corrected chi connectivity index (χ1v) is 8.64. The predicted octanol–water partition coefficient (Wildman–Crippen LogP) is 1.40. The molecule has 0 amide bonds. The Morgan fingerprint density at radius 1 is 1.33 bits per heavy atom. The fraction of sp³-hybridized carbons (Fsp3) is 0.357. The van der Waals surface area contributed by atoms with E-state index in [2.05, 4.69) is 21.7 Å². The van der Waals surface area contributed by atoms with Gasteiger partial charge in [-0.05, 0) is 25.1 Å². The molecule has 1 rings (SSSR count). The number of hydrogen-bond donors (Lipinski definition) is 2. The fourth-order valence-corrected chi connectivity index (χ4v) is 3.49. The first-order valence-electron chi connectivity index (χ1n) is 6.29. The van der Waals surface area contributed by atoms with Gasteiger partial charge >= 0.3 is 0 Å². The van der Waals surface area contributed by atoms with Crippen molar-refractivity contribution in [2.24, 2.45) is 0 Å². The monoisotopic (exact) mass is 375 g/mol. The zero-order valence-corrected chi connectivity index (χ0v) is 14.0. The molecule has 2 N–H and O–H groups in total. The summed E-state index contributed by atoms with van der Waals surface area (Å²) in [5.74, 6) is 0. The van der Waals surface area contributed by atoms with Crippen LogP contribution in [0.5, 0.6) is 0 Å². The molecule has 0 spiro atoms. The van der Waals surface area contributed by atoms with Gasteiger partial charge in [0.05, 0.1) is 24.2 Å². The maximum Gasteiger partial charge on any atom is 0.243 e. The number of benzene rings is 1. The van der Waals surface area contributed by atoms with Gasteiger partial charge in [-0.25, -0.2) is 8.42 Å². The van der Waals surface area contributed by atoms with Gasteiger partial charge in [0.25, 0.3) is 0 Å².